The van der Waals surface area contributed by atoms with Crippen LogP contribution in [0.1, 0.15) is 44.1 Å². The standard InChI is InChI=1S/C16H28N4O/c1-13(2)15-17-8-6-14(18-15)10-20-9-5-7-16(21,12-20)11-19(3)4/h6,8,13,21H,5,7,9-12H2,1-4H3. The Morgan fingerprint density at radius 1 is 1.43 bits per heavy atom. The maximum atomic E-state index is 10.7. The van der Waals surface area contributed by atoms with Crippen molar-refractivity contribution in [1.29, 1.82) is 0 Å². The lowest BCUT2D eigenvalue weighted by atomic mass is 9.92. The number of likely N-dealkylation sites (tertiary alicyclic amines) is 1. The van der Waals surface area contributed by atoms with E-state index in [4.69, 9.17) is 0 Å². The molecule has 1 unspecified atom stereocenters. The van der Waals surface area contributed by atoms with Crippen LogP contribution in [-0.2, 0) is 6.54 Å². The second-order valence-corrected chi connectivity index (χ2v) is 6.84. The lowest BCUT2D eigenvalue weighted by Crippen LogP contribution is -2.52. The van der Waals surface area contributed by atoms with Crippen molar-refractivity contribution in [3.63, 3.8) is 0 Å². The molecular weight excluding hydrogens is 264 g/mol. The highest BCUT2D eigenvalue weighted by Gasteiger charge is 2.33. The van der Waals surface area contributed by atoms with Crippen molar-refractivity contribution in [2.45, 2.75) is 44.8 Å². The summed E-state index contributed by atoms with van der Waals surface area (Å²) < 4.78 is 0. The number of aromatic nitrogens is 2. The molecule has 1 saturated heterocycles. The van der Waals surface area contributed by atoms with Gasteiger partial charge in [-0.1, -0.05) is 13.8 Å². The molecule has 1 atom stereocenters. The Morgan fingerprint density at radius 2 is 2.19 bits per heavy atom. The van der Waals surface area contributed by atoms with E-state index in [1.54, 1.807) is 0 Å². The quantitative estimate of drug-likeness (QED) is 0.891. The first kappa shape index (κ1) is 16.3. The molecule has 1 fully saturated rings. The lowest BCUT2D eigenvalue weighted by molar-refractivity contribution is -0.0482. The monoisotopic (exact) mass is 292 g/mol. The normalized spacial score (nSPS) is 24.0. The molecule has 0 saturated carbocycles. The Labute approximate surface area is 128 Å². The zero-order valence-electron chi connectivity index (χ0n) is 13.7. The molecule has 0 bridgehead atoms. The van der Waals surface area contributed by atoms with Crippen molar-refractivity contribution in [3.05, 3.63) is 23.8 Å². The van der Waals surface area contributed by atoms with Gasteiger partial charge in [-0.05, 0) is 39.5 Å². The van der Waals surface area contributed by atoms with E-state index >= 15 is 0 Å². The predicted octanol–water partition coefficient (Wildman–Crippen LogP) is 1.49. The lowest BCUT2D eigenvalue weighted by Gasteiger charge is -2.40. The number of nitrogens with zero attached hydrogens (tertiary/aromatic N) is 4. The summed E-state index contributed by atoms with van der Waals surface area (Å²) in [6.07, 6.45) is 3.75. The Morgan fingerprint density at radius 3 is 2.86 bits per heavy atom. The highest BCUT2D eigenvalue weighted by atomic mass is 16.3. The Hall–Kier alpha value is -1.04. The minimum atomic E-state index is -0.602. The molecule has 1 aromatic rings. The van der Waals surface area contributed by atoms with Crippen molar-refractivity contribution in [3.8, 4) is 0 Å². The van der Waals surface area contributed by atoms with Crippen molar-refractivity contribution in [1.82, 2.24) is 19.8 Å². The van der Waals surface area contributed by atoms with Gasteiger partial charge in [-0.25, -0.2) is 9.97 Å². The van der Waals surface area contributed by atoms with Crippen LogP contribution in [0, 0.1) is 0 Å². The van der Waals surface area contributed by atoms with Crippen LogP contribution in [-0.4, -0.2) is 64.2 Å². The third-order valence-corrected chi connectivity index (χ3v) is 3.88. The fourth-order valence-electron chi connectivity index (χ4n) is 3.07. The highest BCUT2D eigenvalue weighted by Crippen LogP contribution is 2.23. The van der Waals surface area contributed by atoms with Gasteiger partial charge in [0.25, 0.3) is 0 Å². The number of piperidine rings is 1. The van der Waals surface area contributed by atoms with Gasteiger partial charge in [0.05, 0.1) is 11.3 Å². The van der Waals surface area contributed by atoms with E-state index in [1.165, 1.54) is 0 Å². The summed E-state index contributed by atoms with van der Waals surface area (Å²) in [5.41, 5.74) is 0.443. The molecule has 1 N–H and O–H groups in total. The molecule has 0 aromatic carbocycles. The van der Waals surface area contributed by atoms with Crippen LogP contribution in [0.25, 0.3) is 0 Å². The minimum Gasteiger partial charge on any atom is -0.387 e. The van der Waals surface area contributed by atoms with Crippen LogP contribution >= 0.6 is 0 Å². The molecule has 1 aromatic heterocycles. The molecule has 1 aliphatic heterocycles. The number of β-amino-alcohol motifs (C(OH)–C–C–N with tert-alkyl or cyclic N) is 1. The van der Waals surface area contributed by atoms with E-state index in [9.17, 15) is 5.11 Å². The smallest absolute Gasteiger partial charge is 0.131 e. The summed E-state index contributed by atoms with van der Waals surface area (Å²) in [6.45, 7) is 7.46. The molecule has 0 radical (unpaired) electrons. The zero-order valence-corrected chi connectivity index (χ0v) is 13.7. The summed E-state index contributed by atoms with van der Waals surface area (Å²) >= 11 is 0. The van der Waals surface area contributed by atoms with E-state index in [0.29, 0.717) is 19.0 Å². The summed E-state index contributed by atoms with van der Waals surface area (Å²) in [4.78, 5) is 13.3. The molecule has 5 nitrogen and oxygen atoms in total. The third kappa shape index (κ3) is 4.73. The molecular formula is C16H28N4O. The van der Waals surface area contributed by atoms with Crippen LogP contribution in [0.5, 0.6) is 0 Å². The van der Waals surface area contributed by atoms with Crippen LogP contribution in [0.3, 0.4) is 0 Å². The Balaban J connectivity index is 2.01. The minimum absolute atomic E-state index is 0.344. The van der Waals surface area contributed by atoms with E-state index in [-0.39, 0.29) is 0 Å². The Kier molecular flexibility index (Phi) is 5.30. The van der Waals surface area contributed by atoms with Crippen LogP contribution < -0.4 is 0 Å². The topological polar surface area (TPSA) is 52.5 Å². The first-order valence-electron chi connectivity index (χ1n) is 7.79. The number of aliphatic hydroxyl groups is 1. The summed E-state index contributed by atoms with van der Waals surface area (Å²) in [6, 6.07) is 1.98. The largest absolute Gasteiger partial charge is 0.387 e. The highest BCUT2D eigenvalue weighted by molar-refractivity contribution is 5.05. The molecule has 2 rings (SSSR count). The molecule has 0 spiro atoms. The maximum Gasteiger partial charge on any atom is 0.131 e. The molecule has 5 heteroatoms. The number of likely N-dealkylation sites (N-methyl/N-ethyl adjacent to an activating group) is 1. The second-order valence-electron chi connectivity index (χ2n) is 6.84. The fourth-order valence-corrected chi connectivity index (χ4v) is 3.07. The van der Waals surface area contributed by atoms with E-state index in [1.807, 2.05) is 26.4 Å². The summed E-state index contributed by atoms with van der Waals surface area (Å²) in [7, 11) is 4.02. The van der Waals surface area contributed by atoms with Crippen molar-refractivity contribution in [2.24, 2.45) is 0 Å². The van der Waals surface area contributed by atoms with Crippen LogP contribution in [0.15, 0.2) is 12.3 Å². The van der Waals surface area contributed by atoms with Gasteiger partial charge < -0.3 is 10.0 Å². The molecule has 21 heavy (non-hydrogen) atoms. The number of rotatable bonds is 5. The summed E-state index contributed by atoms with van der Waals surface area (Å²) in [5, 5.41) is 10.7. The van der Waals surface area contributed by atoms with Crippen LogP contribution in [0.4, 0.5) is 0 Å². The fraction of sp³-hybridized carbons (Fsp3) is 0.750. The van der Waals surface area contributed by atoms with Gasteiger partial charge in [-0.2, -0.15) is 0 Å². The van der Waals surface area contributed by atoms with Gasteiger partial charge in [-0.3, -0.25) is 4.90 Å². The van der Waals surface area contributed by atoms with Gasteiger partial charge in [-0.15, -0.1) is 0 Å². The molecule has 118 valence electrons. The van der Waals surface area contributed by atoms with Gasteiger partial charge in [0.2, 0.25) is 0 Å². The van der Waals surface area contributed by atoms with E-state index < -0.39 is 5.60 Å². The second kappa shape index (κ2) is 6.81. The van der Waals surface area contributed by atoms with E-state index in [0.717, 1.165) is 37.4 Å². The first-order chi connectivity index (χ1) is 9.88. The van der Waals surface area contributed by atoms with Crippen molar-refractivity contribution >= 4 is 0 Å². The summed E-state index contributed by atoms with van der Waals surface area (Å²) in [5.74, 6) is 1.24. The average Bonchev–Trinajstić information content (AvgIpc) is 2.37. The molecule has 0 amide bonds. The SMILES string of the molecule is CC(C)c1nccc(CN2CCCC(O)(CN(C)C)C2)n1. The molecule has 0 aliphatic carbocycles. The van der Waals surface area contributed by atoms with E-state index in [2.05, 4.69) is 33.6 Å². The van der Waals surface area contributed by atoms with Crippen molar-refractivity contribution < 1.29 is 5.11 Å². The van der Waals surface area contributed by atoms with Gasteiger partial charge in [0.1, 0.15) is 5.82 Å². The Bertz CT molecular complexity index is 463. The number of hydrogen-bond donors (Lipinski definition) is 1. The number of hydrogen-bond acceptors (Lipinski definition) is 5. The first-order valence-corrected chi connectivity index (χ1v) is 7.79. The van der Waals surface area contributed by atoms with Gasteiger partial charge >= 0.3 is 0 Å². The van der Waals surface area contributed by atoms with Crippen LogP contribution in [0.2, 0.25) is 0 Å². The average molecular weight is 292 g/mol. The third-order valence-electron chi connectivity index (χ3n) is 3.88. The zero-order chi connectivity index (χ0) is 15.5. The van der Waals surface area contributed by atoms with Gasteiger partial charge in [0, 0.05) is 31.7 Å². The predicted molar refractivity (Wildman–Crippen MR) is 84.1 cm³/mol. The molecule has 1 aliphatic rings. The molecule has 2 heterocycles. The maximum absolute atomic E-state index is 10.7. The van der Waals surface area contributed by atoms with Crippen molar-refractivity contribution in [2.75, 3.05) is 33.7 Å². The van der Waals surface area contributed by atoms with Gasteiger partial charge in [0.15, 0.2) is 0 Å².